The van der Waals surface area contributed by atoms with Gasteiger partial charge in [0.1, 0.15) is 16.5 Å². The normalized spacial score (nSPS) is 10.5. The first-order valence-corrected chi connectivity index (χ1v) is 8.22. The molecular weight excluding hydrogens is 308 g/mol. The van der Waals surface area contributed by atoms with Gasteiger partial charge in [0, 0.05) is 16.5 Å². The van der Waals surface area contributed by atoms with E-state index in [1.807, 2.05) is 54.8 Å². The number of aromatic nitrogens is 1. The molecule has 3 rings (SSSR count). The molecule has 0 saturated carbocycles. The van der Waals surface area contributed by atoms with Crippen LogP contribution in [0.3, 0.4) is 0 Å². The molecular formula is C18H18N2O2S. The molecule has 0 aliphatic rings. The van der Waals surface area contributed by atoms with E-state index in [0.717, 1.165) is 27.6 Å². The van der Waals surface area contributed by atoms with Gasteiger partial charge in [0.2, 0.25) is 0 Å². The lowest BCUT2D eigenvalue weighted by Crippen LogP contribution is -1.94. The van der Waals surface area contributed by atoms with Gasteiger partial charge in [-0.25, -0.2) is 4.98 Å². The fourth-order valence-corrected chi connectivity index (χ4v) is 3.17. The molecule has 0 amide bonds. The molecule has 0 saturated heterocycles. The minimum absolute atomic E-state index is 0.608. The number of thiazole rings is 1. The smallest absolute Gasteiger partial charge is 0.141 e. The van der Waals surface area contributed by atoms with Crippen molar-refractivity contribution in [2.75, 3.05) is 19.5 Å². The fraction of sp³-hybridized carbons (Fsp3) is 0.167. The highest BCUT2D eigenvalue weighted by molar-refractivity contribution is 7.13. The maximum Gasteiger partial charge on any atom is 0.141 e. The van der Waals surface area contributed by atoms with Crippen molar-refractivity contribution in [1.82, 2.24) is 4.98 Å². The Morgan fingerprint density at radius 1 is 1.13 bits per heavy atom. The highest BCUT2D eigenvalue weighted by atomic mass is 32.1. The molecule has 0 radical (unpaired) electrons. The van der Waals surface area contributed by atoms with Gasteiger partial charge >= 0.3 is 0 Å². The van der Waals surface area contributed by atoms with Crippen LogP contribution in [0.5, 0.6) is 11.5 Å². The first-order chi connectivity index (χ1) is 11.2. The number of nitrogens with two attached hydrogens (primary N) is 1. The zero-order valence-corrected chi connectivity index (χ0v) is 13.9. The topological polar surface area (TPSA) is 57.4 Å². The number of nitrogen functional groups attached to an aromatic ring is 1. The molecule has 2 aromatic carbocycles. The van der Waals surface area contributed by atoms with Crippen molar-refractivity contribution >= 4 is 17.0 Å². The highest BCUT2D eigenvalue weighted by Crippen LogP contribution is 2.35. The van der Waals surface area contributed by atoms with Crippen LogP contribution >= 0.6 is 11.3 Å². The van der Waals surface area contributed by atoms with Gasteiger partial charge < -0.3 is 15.2 Å². The summed E-state index contributed by atoms with van der Waals surface area (Å²) < 4.78 is 10.9. The summed E-state index contributed by atoms with van der Waals surface area (Å²) in [6, 6.07) is 13.6. The zero-order chi connectivity index (χ0) is 16.2. The zero-order valence-electron chi connectivity index (χ0n) is 13.1. The quantitative estimate of drug-likeness (QED) is 0.703. The number of hydrogen-bond acceptors (Lipinski definition) is 5. The van der Waals surface area contributed by atoms with Crippen LogP contribution < -0.4 is 15.2 Å². The number of methoxy groups -OCH3 is 1. The van der Waals surface area contributed by atoms with Gasteiger partial charge in [0.25, 0.3) is 0 Å². The second-order valence-corrected chi connectivity index (χ2v) is 5.78. The van der Waals surface area contributed by atoms with Gasteiger partial charge in [-0.2, -0.15) is 0 Å². The maximum absolute atomic E-state index is 5.98. The lowest BCUT2D eigenvalue weighted by Gasteiger charge is -2.07. The van der Waals surface area contributed by atoms with Crippen molar-refractivity contribution in [2.24, 2.45) is 0 Å². The van der Waals surface area contributed by atoms with Crippen molar-refractivity contribution in [3.05, 3.63) is 47.8 Å². The summed E-state index contributed by atoms with van der Waals surface area (Å²) in [5.41, 5.74) is 9.47. The number of benzene rings is 2. The third-order valence-corrected chi connectivity index (χ3v) is 4.34. The number of para-hydroxylation sites is 1. The SMILES string of the molecule is CCOc1ccccc1-c1csc(-c2ccc(OC)c(N)c2)n1. The van der Waals surface area contributed by atoms with E-state index in [1.54, 1.807) is 18.4 Å². The van der Waals surface area contributed by atoms with Crippen LogP contribution in [0.1, 0.15) is 6.92 Å². The minimum Gasteiger partial charge on any atom is -0.495 e. The first-order valence-electron chi connectivity index (χ1n) is 7.34. The number of ether oxygens (including phenoxy) is 2. The van der Waals surface area contributed by atoms with E-state index >= 15 is 0 Å². The summed E-state index contributed by atoms with van der Waals surface area (Å²) in [6.45, 7) is 2.60. The Labute approximate surface area is 139 Å². The van der Waals surface area contributed by atoms with Crippen LogP contribution in [0.15, 0.2) is 47.8 Å². The third-order valence-electron chi connectivity index (χ3n) is 3.44. The number of rotatable bonds is 5. The Bertz CT molecular complexity index is 814. The number of anilines is 1. The molecule has 0 aliphatic heterocycles. The Hall–Kier alpha value is -2.53. The molecule has 118 valence electrons. The predicted molar refractivity (Wildman–Crippen MR) is 95.1 cm³/mol. The lowest BCUT2D eigenvalue weighted by atomic mass is 10.1. The van der Waals surface area contributed by atoms with Crippen molar-refractivity contribution in [3.8, 4) is 33.3 Å². The van der Waals surface area contributed by atoms with Gasteiger partial charge in [-0.15, -0.1) is 11.3 Å². The molecule has 5 heteroatoms. The second-order valence-electron chi connectivity index (χ2n) is 4.92. The van der Waals surface area contributed by atoms with Crippen LogP contribution in [0.25, 0.3) is 21.8 Å². The average Bonchev–Trinajstić information content (AvgIpc) is 3.05. The summed E-state index contributed by atoms with van der Waals surface area (Å²) in [6.07, 6.45) is 0. The van der Waals surface area contributed by atoms with Gasteiger partial charge in [0.15, 0.2) is 0 Å². The van der Waals surface area contributed by atoms with Crippen LogP contribution in [-0.4, -0.2) is 18.7 Å². The van der Waals surface area contributed by atoms with Crippen molar-refractivity contribution in [1.29, 1.82) is 0 Å². The molecule has 0 unspecified atom stereocenters. The molecule has 2 N–H and O–H groups in total. The van der Waals surface area contributed by atoms with Crippen molar-refractivity contribution < 1.29 is 9.47 Å². The van der Waals surface area contributed by atoms with E-state index in [0.29, 0.717) is 18.0 Å². The number of nitrogens with zero attached hydrogens (tertiary/aromatic N) is 1. The van der Waals surface area contributed by atoms with Gasteiger partial charge in [-0.3, -0.25) is 0 Å². The summed E-state index contributed by atoms with van der Waals surface area (Å²) in [5, 5.41) is 2.95. The standard InChI is InChI=1S/C18H18N2O2S/c1-3-22-16-7-5-4-6-13(16)15-11-23-18(20-15)12-8-9-17(21-2)14(19)10-12/h4-11H,3,19H2,1-2H3. The molecule has 0 spiro atoms. The van der Waals surface area contributed by atoms with Crippen molar-refractivity contribution in [3.63, 3.8) is 0 Å². The molecule has 1 heterocycles. The highest BCUT2D eigenvalue weighted by Gasteiger charge is 2.12. The van der Waals surface area contributed by atoms with Crippen molar-refractivity contribution in [2.45, 2.75) is 6.92 Å². The molecule has 0 atom stereocenters. The Morgan fingerprint density at radius 2 is 1.96 bits per heavy atom. The van der Waals surface area contributed by atoms with E-state index in [9.17, 15) is 0 Å². The number of hydrogen-bond donors (Lipinski definition) is 1. The van der Waals surface area contributed by atoms with E-state index in [2.05, 4.69) is 0 Å². The summed E-state index contributed by atoms with van der Waals surface area (Å²) in [4.78, 5) is 4.73. The largest absolute Gasteiger partial charge is 0.495 e. The molecule has 3 aromatic rings. The predicted octanol–water partition coefficient (Wildman–Crippen LogP) is 4.47. The summed E-state index contributed by atoms with van der Waals surface area (Å²) >= 11 is 1.58. The van der Waals surface area contributed by atoms with Crippen LogP contribution in [0, 0.1) is 0 Å². The summed E-state index contributed by atoms with van der Waals surface area (Å²) in [7, 11) is 1.61. The second kappa shape index (κ2) is 6.71. The Morgan fingerprint density at radius 3 is 2.70 bits per heavy atom. The molecule has 1 aromatic heterocycles. The molecule has 0 bridgehead atoms. The van der Waals surface area contributed by atoms with E-state index in [1.165, 1.54) is 0 Å². The van der Waals surface area contributed by atoms with Gasteiger partial charge in [-0.1, -0.05) is 12.1 Å². The Balaban J connectivity index is 1.96. The van der Waals surface area contributed by atoms with Crippen LogP contribution in [0.4, 0.5) is 5.69 Å². The maximum atomic E-state index is 5.98. The Kier molecular flexibility index (Phi) is 4.48. The lowest BCUT2D eigenvalue weighted by molar-refractivity contribution is 0.341. The third kappa shape index (κ3) is 3.14. The van der Waals surface area contributed by atoms with E-state index in [-0.39, 0.29) is 0 Å². The van der Waals surface area contributed by atoms with E-state index < -0.39 is 0 Å². The monoisotopic (exact) mass is 326 g/mol. The van der Waals surface area contributed by atoms with Crippen LogP contribution in [0.2, 0.25) is 0 Å². The average molecular weight is 326 g/mol. The van der Waals surface area contributed by atoms with Gasteiger partial charge in [0.05, 0.1) is 25.1 Å². The summed E-state index contributed by atoms with van der Waals surface area (Å²) in [5.74, 6) is 1.52. The van der Waals surface area contributed by atoms with E-state index in [4.69, 9.17) is 20.2 Å². The molecule has 0 aliphatic carbocycles. The fourth-order valence-electron chi connectivity index (χ4n) is 2.36. The molecule has 23 heavy (non-hydrogen) atoms. The minimum atomic E-state index is 0.608. The first kappa shape index (κ1) is 15.4. The molecule has 0 fully saturated rings. The van der Waals surface area contributed by atoms with Crippen LogP contribution in [-0.2, 0) is 0 Å². The molecule has 4 nitrogen and oxygen atoms in total. The van der Waals surface area contributed by atoms with Gasteiger partial charge in [-0.05, 0) is 37.3 Å².